The fourth-order valence-corrected chi connectivity index (χ4v) is 1.52. The number of anilines is 1. The highest BCUT2D eigenvalue weighted by molar-refractivity contribution is 5.95. The summed E-state index contributed by atoms with van der Waals surface area (Å²) in [6.45, 7) is 5.52. The van der Waals surface area contributed by atoms with E-state index in [-0.39, 0.29) is 18.3 Å². The van der Waals surface area contributed by atoms with E-state index < -0.39 is 6.04 Å². The van der Waals surface area contributed by atoms with Crippen LogP contribution in [0.15, 0.2) is 12.1 Å². The molecule has 1 unspecified atom stereocenters. The number of ether oxygens (including phenoxy) is 1. The molecule has 4 nitrogen and oxygen atoms in total. The van der Waals surface area contributed by atoms with E-state index in [9.17, 15) is 4.79 Å². The van der Waals surface area contributed by atoms with Gasteiger partial charge in [-0.2, -0.15) is 0 Å². The number of amides is 1. The van der Waals surface area contributed by atoms with Gasteiger partial charge in [0.05, 0.1) is 13.2 Å². The average Bonchev–Trinajstić information content (AvgIpc) is 2.22. The minimum absolute atomic E-state index is 0. The van der Waals surface area contributed by atoms with Crippen molar-refractivity contribution in [2.75, 3.05) is 12.4 Å². The van der Waals surface area contributed by atoms with Crippen molar-refractivity contribution in [1.82, 2.24) is 0 Å². The number of benzene rings is 1. The first-order valence-corrected chi connectivity index (χ1v) is 5.18. The van der Waals surface area contributed by atoms with Gasteiger partial charge in [0.25, 0.3) is 0 Å². The van der Waals surface area contributed by atoms with Crippen molar-refractivity contribution < 1.29 is 9.53 Å². The number of hydrogen-bond acceptors (Lipinski definition) is 3. The van der Waals surface area contributed by atoms with Crippen LogP contribution in [0.3, 0.4) is 0 Å². The first-order valence-electron chi connectivity index (χ1n) is 5.18. The summed E-state index contributed by atoms with van der Waals surface area (Å²) in [5.74, 6) is 0.594. The molecular weight excluding hydrogens is 240 g/mol. The fourth-order valence-electron chi connectivity index (χ4n) is 1.52. The molecule has 0 aromatic heterocycles. The third kappa shape index (κ3) is 3.61. The monoisotopic (exact) mass is 258 g/mol. The topological polar surface area (TPSA) is 64.3 Å². The third-order valence-electron chi connectivity index (χ3n) is 2.48. The van der Waals surface area contributed by atoms with Crippen molar-refractivity contribution in [3.8, 4) is 5.75 Å². The van der Waals surface area contributed by atoms with Gasteiger partial charge in [-0.3, -0.25) is 4.79 Å². The van der Waals surface area contributed by atoms with Crippen molar-refractivity contribution in [2.24, 2.45) is 5.73 Å². The molecule has 0 fully saturated rings. The van der Waals surface area contributed by atoms with Crippen molar-refractivity contribution in [3.05, 3.63) is 23.3 Å². The zero-order valence-corrected chi connectivity index (χ0v) is 11.4. The largest absolute Gasteiger partial charge is 0.496 e. The first kappa shape index (κ1) is 15.7. The number of halogens is 1. The summed E-state index contributed by atoms with van der Waals surface area (Å²) >= 11 is 0. The maximum atomic E-state index is 11.5. The summed E-state index contributed by atoms with van der Waals surface area (Å²) in [6.07, 6.45) is 0. The van der Waals surface area contributed by atoms with Crippen LogP contribution in [0, 0.1) is 13.8 Å². The van der Waals surface area contributed by atoms with Gasteiger partial charge in [-0.1, -0.05) is 6.07 Å². The Morgan fingerprint density at radius 2 is 2.00 bits per heavy atom. The van der Waals surface area contributed by atoms with Gasteiger partial charge >= 0.3 is 0 Å². The molecule has 1 atom stereocenters. The molecule has 96 valence electrons. The van der Waals surface area contributed by atoms with Crippen LogP contribution in [0.2, 0.25) is 0 Å². The molecule has 0 saturated carbocycles. The molecule has 3 N–H and O–H groups in total. The Labute approximate surface area is 108 Å². The predicted octanol–water partition coefficient (Wildman–Crippen LogP) is 2.02. The van der Waals surface area contributed by atoms with Crippen LogP contribution in [-0.4, -0.2) is 19.1 Å². The molecule has 0 heterocycles. The fraction of sp³-hybridized carbons (Fsp3) is 0.417. The highest BCUT2D eigenvalue weighted by Gasteiger charge is 2.12. The van der Waals surface area contributed by atoms with Gasteiger partial charge in [0.15, 0.2) is 0 Å². The summed E-state index contributed by atoms with van der Waals surface area (Å²) < 4.78 is 5.28. The quantitative estimate of drug-likeness (QED) is 0.872. The summed E-state index contributed by atoms with van der Waals surface area (Å²) in [7, 11) is 1.62. The Hall–Kier alpha value is -1.26. The lowest BCUT2D eigenvalue weighted by Gasteiger charge is -2.14. The zero-order valence-electron chi connectivity index (χ0n) is 10.5. The lowest BCUT2D eigenvalue weighted by molar-refractivity contribution is -0.117. The SMILES string of the molecule is COc1c(C)ccc(NC(=O)C(C)N)c1C.Cl. The summed E-state index contributed by atoms with van der Waals surface area (Å²) in [5, 5.41) is 2.77. The molecule has 0 saturated heterocycles. The Balaban J connectivity index is 0.00000256. The highest BCUT2D eigenvalue weighted by Crippen LogP contribution is 2.29. The maximum absolute atomic E-state index is 11.5. The molecule has 1 aromatic carbocycles. The lowest BCUT2D eigenvalue weighted by Crippen LogP contribution is -2.32. The number of rotatable bonds is 3. The van der Waals surface area contributed by atoms with Crippen LogP contribution >= 0.6 is 12.4 Å². The van der Waals surface area contributed by atoms with E-state index in [0.717, 1.165) is 22.6 Å². The van der Waals surface area contributed by atoms with Crippen LogP contribution < -0.4 is 15.8 Å². The van der Waals surface area contributed by atoms with Crippen molar-refractivity contribution >= 4 is 24.0 Å². The minimum atomic E-state index is -0.522. The zero-order chi connectivity index (χ0) is 12.3. The van der Waals surface area contributed by atoms with E-state index in [2.05, 4.69) is 5.32 Å². The number of nitrogens with two attached hydrogens (primary N) is 1. The highest BCUT2D eigenvalue weighted by atomic mass is 35.5. The van der Waals surface area contributed by atoms with Crippen LogP contribution in [0.4, 0.5) is 5.69 Å². The third-order valence-corrected chi connectivity index (χ3v) is 2.48. The number of hydrogen-bond donors (Lipinski definition) is 2. The first-order chi connectivity index (χ1) is 7.47. The van der Waals surface area contributed by atoms with E-state index in [1.807, 2.05) is 26.0 Å². The standard InChI is InChI=1S/C12H18N2O2.ClH/c1-7-5-6-10(8(2)11(7)16-4)14-12(15)9(3)13;/h5-6,9H,13H2,1-4H3,(H,14,15);1H. The molecule has 0 aliphatic heterocycles. The number of aryl methyl sites for hydroxylation is 1. The van der Waals surface area contributed by atoms with E-state index in [1.165, 1.54) is 0 Å². The molecule has 5 heteroatoms. The number of nitrogens with one attached hydrogen (secondary N) is 1. The molecule has 1 amide bonds. The van der Waals surface area contributed by atoms with E-state index in [1.54, 1.807) is 14.0 Å². The van der Waals surface area contributed by atoms with E-state index in [4.69, 9.17) is 10.5 Å². The minimum Gasteiger partial charge on any atom is -0.496 e. The lowest BCUT2D eigenvalue weighted by atomic mass is 10.1. The van der Waals surface area contributed by atoms with Gasteiger partial charge in [-0.15, -0.1) is 12.4 Å². The molecule has 17 heavy (non-hydrogen) atoms. The van der Waals surface area contributed by atoms with Crippen molar-refractivity contribution in [3.63, 3.8) is 0 Å². The maximum Gasteiger partial charge on any atom is 0.241 e. The Bertz CT molecular complexity index is 406. The molecule has 0 aliphatic rings. The van der Waals surface area contributed by atoms with Gasteiger partial charge in [0.1, 0.15) is 5.75 Å². The normalized spacial score (nSPS) is 11.4. The molecule has 0 spiro atoms. The molecule has 0 bridgehead atoms. The van der Waals surface area contributed by atoms with E-state index >= 15 is 0 Å². The summed E-state index contributed by atoms with van der Waals surface area (Å²) in [6, 6.07) is 3.24. The van der Waals surface area contributed by atoms with Gasteiger partial charge in [-0.25, -0.2) is 0 Å². The van der Waals surface area contributed by atoms with Gasteiger partial charge in [0.2, 0.25) is 5.91 Å². The molecule has 1 aromatic rings. The number of methoxy groups -OCH3 is 1. The van der Waals surface area contributed by atoms with E-state index in [0.29, 0.717) is 0 Å². The Morgan fingerprint density at radius 1 is 1.41 bits per heavy atom. The number of carbonyl (C=O) groups is 1. The van der Waals surface area contributed by atoms with Crippen LogP contribution in [0.5, 0.6) is 5.75 Å². The van der Waals surface area contributed by atoms with Crippen molar-refractivity contribution in [1.29, 1.82) is 0 Å². The summed E-state index contributed by atoms with van der Waals surface area (Å²) in [4.78, 5) is 11.5. The summed E-state index contributed by atoms with van der Waals surface area (Å²) in [5.41, 5.74) is 8.19. The molecule has 0 radical (unpaired) electrons. The Kier molecular flexibility index (Phi) is 5.99. The van der Waals surface area contributed by atoms with Gasteiger partial charge in [-0.05, 0) is 32.4 Å². The molecule has 1 rings (SSSR count). The second-order valence-corrected chi connectivity index (χ2v) is 3.87. The molecule has 0 aliphatic carbocycles. The average molecular weight is 259 g/mol. The van der Waals surface area contributed by atoms with Crippen LogP contribution in [-0.2, 0) is 4.79 Å². The molecular formula is C12H19ClN2O2. The van der Waals surface area contributed by atoms with Gasteiger partial charge in [0, 0.05) is 11.3 Å². The Morgan fingerprint density at radius 3 is 2.47 bits per heavy atom. The number of carbonyl (C=O) groups excluding carboxylic acids is 1. The van der Waals surface area contributed by atoms with Gasteiger partial charge < -0.3 is 15.8 Å². The predicted molar refractivity (Wildman–Crippen MR) is 72.0 cm³/mol. The second-order valence-electron chi connectivity index (χ2n) is 3.87. The van der Waals surface area contributed by atoms with Crippen LogP contribution in [0.1, 0.15) is 18.1 Å². The second kappa shape index (κ2) is 6.47. The smallest absolute Gasteiger partial charge is 0.241 e. The van der Waals surface area contributed by atoms with Crippen LogP contribution in [0.25, 0.3) is 0 Å². The van der Waals surface area contributed by atoms with Crippen molar-refractivity contribution in [2.45, 2.75) is 26.8 Å².